The SMILES string of the molecule is Cc1c(Cl)cccc1NC(=O)C(C)Sc1nnc(-c2ccco2)n1N. The summed E-state index contributed by atoms with van der Waals surface area (Å²) in [6, 6.07) is 8.84. The van der Waals surface area contributed by atoms with Crippen molar-refractivity contribution < 1.29 is 9.21 Å². The predicted molar refractivity (Wildman–Crippen MR) is 98.0 cm³/mol. The lowest BCUT2D eigenvalue weighted by Crippen LogP contribution is -2.24. The highest BCUT2D eigenvalue weighted by Crippen LogP contribution is 2.27. The van der Waals surface area contributed by atoms with Gasteiger partial charge in [0, 0.05) is 10.7 Å². The number of nitrogens with zero attached hydrogens (tertiary/aromatic N) is 3. The van der Waals surface area contributed by atoms with Crippen LogP contribution in [0.25, 0.3) is 11.6 Å². The number of nitrogen functional groups attached to an aromatic ring is 1. The number of amides is 1. The third-order valence-electron chi connectivity index (χ3n) is 3.58. The van der Waals surface area contributed by atoms with E-state index in [1.807, 2.05) is 6.92 Å². The minimum absolute atomic E-state index is 0.182. The number of rotatable bonds is 5. The van der Waals surface area contributed by atoms with Crippen molar-refractivity contribution in [3.8, 4) is 11.6 Å². The first-order chi connectivity index (χ1) is 12.0. The molecule has 1 atom stereocenters. The van der Waals surface area contributed by atoms with Gasteiger partial charge < -0.3 is 15.6 Å². The first-order valence-corrected chi connectivity index (χ1v) is 8.70. The van der Waals surface area contributed by atoms with Crippen LogP contribution in [-0.2, 0) is 4.79 Å². The highest BCUT2D eigenvalue weighted by molar-refractivity contribution is 8.00. The van der Waals surface area contributed by atoms with Gasteiger partial charge in [0.1, 0.15) is 0 Å². The van der Waals surface area contributed by atoms with Gasteiger partial charge in [0.05, 0.1) is 11.5 Å². The van der Waals surface area contributed by atoms with E-state index in [0.29, 0.717) is 27.5 Å². The van der Waals surface area contributed by atoms with E-state index in [1.165, 1.54) is 22.7 Å². The third-order valence-corrected chi connectivity index (χ3v) is 5.05. The van der Waals surface area contributed by atoms with Crippen molar-refractivity contribution in [3.63, 3.8) is 0 Å². The molecule has 0 aliphatic heterocycles. The second-order valence-corrected chi connectivity index (χ2v) is 7.03. The van der Waals surface area contributed by atoms with Gasteiger partial charge in [-0.15, -0.1) is 10.2 Å². The van der Waals surface area contributed by atoms with Crippen LogP contribution >= 0.6 is 23.4 Å². The molecule has 25 heavy (non-hydrogen) atoms. The Kier molecular flexibility index (Phi) is 5.00. The van der Waals surface area contributed by atoms with E-state index in [1.54, 1.807) is 37.3 Å². The van der Waals surface area contributed by atoms with E-state index < -0.39 is 5.25 Å². The van der Waals surface area contributed by atoms with E-state index >= 15 is 0 Å². The molecule has 1 aromatic carbocycles. The molecule has 3 N–H and O–H groups in total. The summed E-state index contributed by atoms with van der Waals surface area (Å²) >= 11 is 7.28. The van der Waals surface area contributed by atoms with Crippen molar-refractivity contribution in [1.29, 1.82) is 0 Å². The number of hydrogen-bond donors (Lipinski definition) is 2. The number of aromatic nitrogens is 3. The number of furan rings is 1. The number of halogens is 1. The fourth-order valence-electron chi connectivity index (χ4n) is 2.12. The summed E-state index contributed by atoms with van der Waals surface area (Å²) in [6.07, 6.45) is 1.53. The van der Waals surface area contributed by atoms with Crippen LogP contribution in [0.4, 0.5) is 5.69 Å². The summed E-state index contributed by atoms with van der Waals surface area (Å²) in [5.41, 5.74) is 1.49. The average Bonchev–Trinajstić information content (AvgIpc) is 3.22. The molecular weight excluding hydrogens is 362 g/mol. The van der Waals surface area contributed by atoms with Crippen LogP contribution in [0.2, 0.25) is 5.02 Å². The van der Waals surface area contributed by atoms with Crippen LogP contribution in [0.5, 0.6) is 0 Å². The number of nitrogens with two attached hydrogens (primary N) is 1. The predicted octanol–water partition coefficient (Wildman–Crippen LogP) is 3.33. The minimum atomic E-state index is -0.436. The zero-order valence-corrected chi connectivity index (χ0v) is 15.1. The van der Waals surface area contributed by atoms with Gasteiger partial charge >= 0.3 is 0 Å². The molecule has 130 valence electrons. The highest BCUT2D eigenvalue weighted by atomic mass is 35.5. The molecule has 0 saturated carbocycles. The summed E-state index contributed by atoms with van der Waals surface area (Å²) in [7, 11) is 0. The topological polar surface area (TPSA) is 99.0 Å². The minimum Gasteiger partial charge on any atom is -0.461 e. The molecule has 1 amide bonds. The molecule has 0 radical (unpaired) electrons. The maximum atomic E-state index is 12.4. The average molecular weight is 378 g/mol. The zero-order valence-electron chi connectivity index (χ0n) is 13.6. The quantitative estimate of drug-likeness (QED) is 0.522. The second-order valence-electron chi connectivity index (χ2n) is 5.32. The van der Waals surface area contributed by atoms with Crippen LogP contribution in [-0.4, -0.2) is 26.0 Å². The van der Waals surface area contributed by atoms with Gasteiger partial charge in [-0.2, -0.15) is 0 Å². The van der Waals surface area contributed by atoms with E-state index in [2.05, 4.69) is 15.5 Å². The molecule has 2 heterocycles. The fourth-order valence-corrected chi connectivity index (χ4v) is 3.06. The highest BCUT2D eigenvalue weighted by Gasteiger charge is 2.21. The van der Waals surface area contributed by atoms with Crippen molar-refractivity contribution in [2.45, 2.75) is 24.3 Å². The number of hydrogen-bond acceptors (Lipinski definition) is 6. The molecule has 0 fully saturated rings. The summed E-state index contributed by atoms with van der Waals surface area (Å²) in [4.78, 5) is 12.4. The first kappa shape index (κ1) is 17.4. The van der Waals surface area contributed by atoms with Crippen molar-refractivity contribution in [3.05, 3.63) is 47.2 Å². The molecule has 0 aliphatic rings. The van der Waals surface area contributed by atoms with E-state index in [9.17, 15) is 4.79 Å². The number of carbonyl (C=O) groups excluding carboxylic acids is 1. The molecule has 3 rings (SSSR count). The van der Waals surface area contributed by atoms with Crippen molar-refractivity contribution in [2.24, 2.45) is 0 Å². The first-order valence-electron chi connectivity index (χ1n) is 7.44. The van der Waals surface area contributed by atoms with Crippen molar-refractivity contribution in [2.75, 3.05) is 11.2 Å². The molecule has 0 bridgehead atoms. The van der Waals surface area contributed by atoms with E-state index in [0.717, 1.165) is 5.56 Å². The van der Waals surface area contributed by atoms with Crippen LogP contribution < -0.4 is 11.2 Å². The standard InChI is InChI=1S/C16H16ClN5O2S/c1-9-11(17)5-3-6-12(9)19-15(23)10(2)25-16-21-20-14(22(16)18)13-7-4-8-24-13/h3-8,10H,18H2,1-2H3,(H,19,23). The van der Waals surface area contributed by atoms with Gasteiger partial charge in [0.2, 0.25) is 16.9 Å². The van der Waals surface area contributed by atoms with Crippen LogP contribution in [0.15, 0.2) is 46.2 Å². The number of thioether (sulfide) groups is 1. The monoisotopic (exact) mass is 377 g/mol. The van der Waals surface area contributed by atoms with Gasteiger partial charge in [-0.3, -0.25) is 4.79 Å². The Hall–Kier alpha value is -2.45. The summed E-state index contributed by atoms with van der Waals surface area (Å²) < 4.78 is 6.57. The number of carbonyl (C=O) groups is 1. The molecule has 1 unspecified atom stereocenters. The van der Waals surface area contributed by atoms with Crippen molar-refractivity contribution in [1.82, 2.24) is 14.9 Å². The largest absolute Gasteiger partial charge is 0.461 e. The number of nitrogens with one attached hydrogen (secondary N) is 1. The lowest BCUT2D eigenvalue weighted by molar-refractivity contribution is -0.115. The Labute approximate surface area is 153 Å². The van der Waals surface area contributed by atoms with Gasteiger partial charge in [-0.1, -0.05) is 29.4 Å². The molecule has 0 spiro atoms. The molecule has 3 aromatic rings. The Bertz CT molecular complexity index is 894. The zero-order chi connectivity index (χ0) is 18.0. The summed E-state index contributed by atoms with van der Waals surface area (Å²) in [5, 5.41) is 11.5. The van der Waals surface area contributed by atoms with Crippen LogP contribution in [0.1, 0.15) is 12.5 Å². The normalized spacial score (nSPS) is 12.1. The lowest BCUT2D eigenvalue weighted by atomic mass is 10.2. The third kappa shape index (κ3) is 3.64. The van der Waals surface area contributed by atoms with Crippen LogP contribution in [0, 0.1) is 6.92 Å². The van der Waals surface area contributed by atoms with E-state index in [4.69, 9.17) is 21.9 Å². The van der Waals surface area contributed by atoms with E-state index in [-0.39, 0.29) is 5.91 Å². The number of anilines is 1. The number of benzene rings is 1. The lowest BCUT2D eigenvalue weighted by Gasteiger charge is -2.13. The Morgan fingerprint density at radius 3 is 2.88 bits per heavy atom. The van der Waals surface area contributed by atoms with Crippen molar-refractivity contribution >= 4 is 35.0 Å². The van der Waals surface area contributed by atoms with Gasteiger partial charge in [-0.25, -0.2) is 4.68 Å². The van der Waals surface area contributed by atoms with Gasteiger partial charge in [-0.05, 0) is 43.7 Å². The maximum absolute atomic E-state index is 12.4. The molecule has 0 saturated heterocycles. The van der Waals surface area contributed by atoms with Gasteiger partial charge in [0.25, 0.3) is 0 Å². The molecule has 0 aliphatic carbocycles. The van der Waals surface area contributed by atoms with Gasteiger partial charge in [0.15, 0.2) is 5.76 Å². The summed E-state index contributed by atoms with van der Waals surface area (Å²) in [5.74, 6) is 6.72. The Morgan fingerprint density at radius 2 is 2.16 bits per heavy atom. The molecule has 9 heteroatoms. The summed E-state index contributed by atoms with van der Waals surface area (Å²) in [6.45, 7) is 3.61. The maximum Gasteiger partial charge on any atom is 0.237 e. The Morgan fingerprint density at radius 1 is 1.36 bits per heavy atom. The fraction of sp³-hybridized carbons (Fsp3) is 0.188. The Balaban J connectivity index is 1.71. The molecule has 2 aromatic heterocycles. The molecule has 7 nitrogen and oxygen atoms in total. The molecular formula is C16H16ClN5O2S. The second kappa shape index (κ2) is 7.20. The smallest absolute Gasteiger partial charge is 0.237 e. The van der Waals surface area contributed by atoms with Crippen LogP contribution in [0.3, 0.4) is 0 Å².